The van der Waals surface area contributed by atoms with Crippen molar-refractivity contribution in [2.75, 3.05) is 11.3 Å². The molecule has 21 heavy (non-hydrogen) atoms. The normalized spacial score (nSPS) is 11.4. The number of benzene rings is 1. The highest BCUT2D eigenvalue weighted by molar-refractivity contribution is 7.92. The summed E-state index contributed by atoms with van der Waals surface area (Å²) in [5.41, 5.74) is 6.12. The first-order valence-corrected chi connectivity index (χ1v) is 7.77. The molecule has 4 N–H and O–H groups in total. The van der Waals surface area contributed by atoms with Crippen molar-refractivity contribution in [2.45, 2.75) is 18.4 Å². The van der Waals surface area contributed by atoms with Gasteiger partial charge in [-0.25, -0.2) is 12.8 Å². The monoisotopic (exact) mass is 313 g/mol. The van der Waals surface area contributed by atoms with Gasteiger partial charge in [-0.05, 0) is 25.1 Å². The minimum atomic E-state index is -3.79. The summed E-state index contributed by atoms with van der Waals surface area (Å²) in [5.74, 6) is -0.554. The Morgan fingerprint density at radius 1 is 1.38 bits per heavy atom. The molecule has 1 heterocycles. The average molecular weight is 313 g/mol. The van der Waals surface area contributed by atoms with Gasteiger partial charge < -0.3 is 15.5 Å². The van der Waals surface area contributed by atoms with E-state index < -0.39 is 15.8 Å². The van der Waals surface area contributed by atoms with E-state index in [9.17, 15) is 12.8 Å². The summed E-state index contributed by atoms with van der Waals surface area (Å²) in [7, 11) is -3.79. The Morgan fingerprint density at radius 3 is 2.71 bits per heavy atom. The molecule has 0 unspecified atom stereocenters. The van der Waals surface area contributed by atoms with Crippen molar-refractivity contribution in [1.82, 2.24) is 4.98 Å². The summed E-state index contributed by atoms with van der Waals surface area (Å²) < 4.78 is 45.3. The fraction of sp³-hybridized carbons (Fsp3) is 0.231. The Hall–Kier alpha value is -2.06. The van der Waals surface area contributed by atoms with Crippen molar-refractivity contribution in [2.24, 2.45) is 5.73 Å². The predicted molar refractivity (Wildman–Crippen MR) is 77.1 cm³/mol. The maximum atomic E-state index is 13.7. The third-order valence-corrected chi connectivity index (χ3v) is 4.09. The number of aromatic amines is 1. The first-order chi connectivity index (χ1) is 9.96. The van der Waals surface area contributed by atoms with Crippen LogP contribution in [0.4, 0.5) is 10.1 Å². The van der Waals surface area contributed by atoms with Gasteiger partial charge in [0.1, 0.15) is 4.90 Å². The third kappa shape index (κ3) is 3.53. The second-order valence-electron chi connectivity index (χ2n) is 4.25. The van der Waals surface area contributed by atoms with Gasteiger partial charge in [-0.3, -0.25) is 4.72 Å². The van der Waals surface area contributed by atoms with E-state index in [1.54, 1.807) is 6.92 Å². The molecule has 0 saturated carbocycles. The molecule has 2 rings (SSSR count). The van der Waals surface area contributed by atoms with Crippen LogP contribution in [0.15, 0.2) is 35.4 Å². The summed E-state index contributed by atoms with van der Waals surface area (Å²) in [6.07, 6.45) is 1.33. The molecule has 6 nitrogen and oxygen atoms in total. The van der Waals surface area contributed by atoms with Gasteiger partial charge in [0.05, 0.1) is 12.3 Å². The number of hydrogen-bond donors (Lipinski definition) is 3. The minimum absolute atomic E-state index is 0.0391. The van der Waals surface area contributed by atoms with Crippen LogP contribution in [0.5, 0.6) is 5.75 Å². The highest BCUT2D eigenvalue weighted by atomic mass is 32.2. The Balaban J connectivity index is 2.22. The largest absolute Gasteiger partial charge is 0.491 e. The smallest absolute Gasteiger partial charge is 0.263 e. The third-order valence-electron chi connectivity index (χ3n) is 2.73. The van der Waals surface area contributed by atoms with Crippen LogP contribution in [0.1, 0.15) is 12.6 Å². The molecule has 0 radical (unpaired) electrons. The number of hydrogen-bond acceptors (Lipinski definition) is 4. The van der Waals surface area contributed by atoms with Gasteiger partial charge in [0, 0.05) is 24.5 Å². The van der Waals surface area contributed by atoms with Crippen molar-refractivity contribution < 1.29 is 17.5 Å². The molecular weight excluding hydrogens is 297 g/mol. The second-order valence-corrected chi connectivity index (χ2v) is 5.93. The molecule has 0 spiro atoms. The SMILES string of the molecule is CCOc1ccc(NS(=O)(=O)c2c[nH]c(CN)c2)cc1F. The Bertz CT molecular complexity index is 728. The molecule has 0 fully saturated rings. The van der Waals surface area contributed by atoms with Gasteiger partial charge in [-0.15, -0.1) is 0 Å². The standard InChI is InChI=1S/C13H16FN3O3S/c1-2-20-13-4-3-9(6-12(13)14)17-21(18,19)11-5-10(7-15)16-8-11/h3-6,8,16-17H,2,7,15H2,1H3. The van der Waals surface area contributed by atoms with E-state index in [4.69, 9.17) is 10.5 Å². The minimum Gasteiger partial charge on any atom is -0.491 e. The van der Waals surface area contributed by atoms with Crippen LogP contribution in [0.25, 0.3) is 0 Å². The molecule has 0 aliphatic rings. The van der Waals surface area contributed by atoms with Gasteiger partial charge in [-0.2, -0.15) is 0 Å². The van der Waals surface area contributed by atoms with Crippen LogP contribution >= 0.6 is 0 Å². The molecule has 2 aromatic rings. The number of halogens is 1. The highest BCUT2D eigenvalue weighted by Crippen LogP contribution is 2.23. The molecule has 0 bridgehead atoms. The van der Waals surface area contributed by atoms with Crippen LogP contribution in [0, 0.1) is 5.82 Å². The van der Waals surface area contributed by atoms with Gasteiger partial charge in [0.2, 0.25) is 0 Å². The zero-order valence-electron chi connectivity index (χ0n) is 11.4. The molecule has 114 valence electrons. The van der Waals surface area contributed by atoms with E-state index in [1.807, 2.05) is 0 Å². The number of H-pyrrole nitrogens is 1. The Kier molecular flexibility index (Phi) is 4.49. The maximum Gasteiger partial charge on any atom is 0.263 e. The number of rotatable bonds is 6. The first kappa shape index (κ1) is 15.3. The van der Waals surface area contributed by atoms with E-state index in [-0.39, 0.29) is 22.9 Å². The van der Waals surface area contributed by atoms with Gasteiger partial charge in [0.15, 0.2) is 11.6 Å². The topological polar surface area (TPSA) is 97.2 Å². The molecule has 0 amide bonds. The molecule has 1 aromatic carbocycles. The number of aromatic nitrogens is 1. The molecule has 1 aromatic heterocycles. The van der Waals surface area contributed by atoms with Crippen LogP contribution in [-0.2, 0) is 16.6 Å². The van der Waals surface area contributed by atoms with Gasteiger partial charge >= 0.3 is 0 Å². The van der Waals surface area contributed by atoms with Crippen LogP contribution in [0.3, 0.4) is 0 Å². The lowest BCUT2D eigenvalue weighted by Gasteiger charge is -2.09. The predicted octanol–water partition coefficient (Wildman–Crippen LogP) is 1.81. The van der Waals surface area contributed by atoms with Crippen LogP contribution in [-0.4, -0.2) is 20.0 Å². The summed E-state index contributed by atoms with van der Waals surface area (Å²) in [6, 6.07) is 5.30. The zero-order chi connectivity index (χ0) is 15.5. The molecular formula is C13H16FN3O3S. The van der Waals surface area contributed by atoms with Crippen LogP contribution < -0.4 is 15.2 Å². The van der Waals surface area contributed by atoms with E-state index in [1.165, 1.54) is 24.4 Å². The van der Waals surface area contributed by atoms with E-state index in [0.717, 1.165) is 6.07 Å². The quantitative estimate of drug-likeness (QED) is 0.757. The molecule has 0 aliphatic heterocycles. The van der Waals surface area contributed by atoms with Crippen molar-refractivity contribution in [3.05, 3.63) is 42.0 Å². The van der Waals surface area contributed by atoms with E-state index in [2.05, 4.69) is 9.71 Å². The zero-order valence-corrected chi connectivity index (χ0v) is 12.2. The highest BCUT2D eigenvalue weighted by Gasteiger charge is 2.17. The van der Waals surface area contributed by atoms with Crippen molar-refractivity contribution >= 4 is 15.7 Å². The van der Waals surface area contributed by atoms with E-state index in [0.29, 0.717) is 12.3 Å². The van der Waals surface area contributed by atoms with Crippen molar-refractivity contribution in [3.63, 3.8) is 0 Å². The lowest BCUT2D eigenvalue weighted by Crippen LogP contribution is -2.12. The van der Waals surface area contributed by atoms with E-state index >= 15 is 0 Å². The second kappa shape index (κ2) is 6.15. The van der Waals surface area contributed by atoms with Gasteiger partial charge in [-0.1, -0.05) is 0 Å². The average Bonchev–Trinajstić information content (AvgIpc) is 2.91. The number of ether oxygens (including phenoxy) is 1. The number of nitrogens with one attached hydrogen (secondary N) is 2. The fourth-order valence-corrected chi connectivity index (χ4v) is 2.81. The molecule has 0 atom stereocenters. The summed E-state index contributed by atoms with van der Waals surface area (Å²) in [5, 5.41) is 0. The molecule has 0 saturated heterocycles. The lowest BCUT2D eigenvalue weighted by atomic mass is 10.3. The Morgan fingerprint density at radius 2 is 2.14 bits per heavy atom. The molecule has 8 heteroatoms. The maximum absolute atomic E-state index is 13.7. The molecule has 0 aliphatic carbocycles. The summed E-state index contributed by atoms with van der Waals surface area (Å²) in [4.78, 5) is 2.79. The first-order valence-electron chi connectivity index (χ1n) is 6.29. The number of anilines is 1. The number of sulfonamides is 1. The van der Waals surface area contributed by atoms with Crippen molar-refractivity contribution in [1.29, 1.82) is 0 Å². The van der Waals surface area contributed by atoms with Crippen LogP contribution in [0.2, 0.25) is 0 Å². The summed E-state index contributed by atoms with van der Waals surface area (Å²) in [6.45, 7) is 2.26. The fourth-order valence-electron chi connectivity index (χ4n) is 1.74. The Labute approximate surface area is 122 Å². The number of nitrogens with two attached hydrogens (primary N) is 1. The lowest BCUT2D eigenvalue weighted by molar-refractivity contribution is 0.321. The summed E-state index contributed by atoms with van der Waals surface area (Å²) >= 11 is 0. The van der Waals surface area contributed by atoms with Crippen molar-refractivity contribution in [3.8, 4) is 5.75 Å². The van der Waals surface area contributed by atoms with Gasteiger partial charge in [0.25, 0.3) is 10.0 Å².